The summed E-state index contributed by atoms with van der Waals surface area (Å²) in [6.45, 7) is 2.14. The number of hydrogen-bond donors (Lipinski definition) is 3. The summed E-state index contributed by atoms with van der Waals surface area (Å²) in [6.07, 6.45) is 12.0. The first-order chi connectivity index (χ1) is 12.0. The maximum Gasteiger partial charge on any atom is 1.00 e. The molecule has 0 radical (unpaired) electrons. The van der Waals surface area contributed by atoms with Gasteiger partial charge in [-0.15, -0.1) is 0 Å². The molecular weight excluding hydrogens is 343 g/mol. The van der Waals surface area contributed by atoms with E-state index in [1.807, 2.05) is 18.2 Å². The number of aliphatic hydroxyl groups excluding tert-OH is 2. The first-order valence-corrected chi connectivity index (χ1v) is 9.63. The van der Waals surface area contributed by atoms with E-state index in [1.165, 1.54) is 0 Å². The average molecular weight is 375 g/mol. The van der Waals surface area contributed by atoms with Gasteiger partial charge in [0.25, 0.3) is 0 Å². The Morgan fingerprint density at radius 2 is 2.12 bits per heavy atom. The van der Waals surface area contributed by atoms with E-state index in [0.29, 0.717) is 19.3 Å². The molecule has 1 aliphatic carbocycles. The van der Waals surface area contributed by atoms with Gasteiger partial charge in [0, 0.05) is 31.1 Å². The summed E-state index contributed by atoms with van der Waals surface area (Å²) >= 11 is 0. The third-order valence-corrected chi connectivity index (χ3v) is 5.26. The molecule has 2 aliphatic rings. The van der Waals surface area contributed by atoms with Crippen LogP contribution in [0.5, 0.6) is 0 Å². The summed E-state index contributed by atoms with van der Waals surface area (Å²) in [4.78, 5) is 10.5. The van der Waals surface area contributed by atoms with Crippen molar-refractivity contribution in [1.82, 2.24) is 0 Å². The summed E-state index contributed by atoms with van der Waals surface area (Å²) < 4.78 is 5.94. The van der Waals surface area contributed by atoms with E-state index in [9.17, 15) is 15.0 Å². The molecule has 5 atom stereocenters. The molecule has 0 aromatic rings. The van der Waals surface area contributed by atoms with Crippen molar-refractivity contribution in [3.8, 4) is 0 Å². The fourth-order valence-corrected chi connectivity index (χ4v) is 3.86. The number of carbonyl (C=O) groups is 1. The monoisotopic (exact) mass is 375 g/mol. The van der Waals surface area contributed by atoms with Gasteiger partial charge in [-0.3, -0.25) is 4.79 Å². The minimum Gasteiger partial charge on any atom is -0.495 e. The van der Waals surface area contributed by atoms with E-state index in [0.717, 1.165) is 37.9 Å². The van der Waals surface area contributed by atoms with Gasteiger partial charge in [0.05, 0.1) is 18.0 Å². The van der Waals surface area contributed by atoms with Crippen LogP contribution in [0, 0.1) is 11.8 Å². The number of fused-ring (bicyclic) bond motifs is 1. The van der Waals surface area contributed by atoms with Crippen LogP contribution in [0.25, 0.3) is 0 Å². The van der Waals surface area contributed by atoms with Crippen molar-refractivity contribution in [3.63, 3.8) is 0 Å². The predicted molar refractivity (Wildman–Crippen MR) is 96.0 cm³/mol. The smallest absolute Gasteiger partial charge is 0.495 e. The van der Waals surface area contributed by atoms with E-state index >= 15 is 0 Å². The first kappa shape index (κ1) is 23.7. The van der Waals surface area contributed by atoms with E-state index in [1.54, 1.807) is 0 Å². The quantitative estimate of drug-likeness (QED) is 0.293. The third-order valence-electron chi connectivity index (χ3n) is 5.26. The molecule has 142 valence electrons. The molecule has 3 unspecified atom stereocenters. The topological polar surface area (TPSA) is 87.0 Å². The predicted octanol–water partition coefficient (Wildman–Crippen LogP) is 0.413. The molecule has 1 aliphatic heterocycles. The van der Waals surface area contributed by atoms with Gasteiger partial charge in [0.15, 0.2) is 0 Å². The number of carboxylic acid groups (broad SMARTS) is 1. The van der Waals surface area contributed by atoms with Crippen LogP contribution in [0.15, 0.2) is 24.0 Å². The van der Waals surface area contributed by atoms with Crippen LogP contribution in [-0.4, -0.2) is 39.6 Å². The molecule has 3 N–H and O–H groups in total. The Morgan fingerprint density at radius 1 is 1.35 bits per heavy atom. The molecule has 26 heavy (non-hydrogen) atoms. The van der Waals surface area contributed by atoms with Crippen molar-refractivity contribution in [2.75, 3.05) is 0 Å². The van der Waals surface area contributed by atoms with Crippen LogP contribution < -0.4 is 29.6 Å². The molecule has 0 aromatic carbocycles. The molecule has 6 heteroatoms. The van der Waals surface area contributed by atoms with Gasteiger partial charge in [-0.25, -0.2) is 0 Å². The summed E-state index contributed by atoms with van der Waals surface area (Å²) in [5, 5.41) is 29.0. The molecule has 0 aromatic heterocycles. The normalized spacial score (nSPS) is 30.2. The number of rotatable bonds is 10. The van der Waals surface area contributed by atoms with E-state index in [4.69, 9.17) is 9.84 Å². The number of hydrogen-bond acceptors (Lipinski definition) is 4. The van der Waals surface area contributed by atoms with Gasteiger partial charge in [-0.2, -0.15) is 0 Å². The molecule has 1 saturated carbocycles. The molecule has 0 amide bonds. The number of ether oxygens (including phenoxy) is 1. The molecule has 5 nitrogen and oxygen atoms in total. The first-order valence-electron chi connectivity index (χ1n) is 9.63. The number of aliphatic hydroxyl groups is 2. The maximum absolute atomic E-state index is 10.5. The zero-order chi connectivity index (χ0) is 18.2. The van der Waals surface area contributed by atoms with E-state index in [2.05, 4.69) is 6.92 Å². The van der Waals surface area contributed by atoms with Crippen molar-refractivity contribution in [2.45, 2.75) is 83.0 Å². The van der Waals surface area contributed by atoms with Crippen LogP contribution in [0.2, 0.25) is 0 Å². The average Bonchev–Trinajstić information content (AvgIpc) is 3.06. The van der Waals surface area contributed by atoms with Crippen LogP contribution in [-0.2, 0) is 9.53 Å². The molecule has 1 heterocycles. The fraction of sp³-hybridized carbons (Fsp3) is 0.750. The summed E-state index contributed by atoms with van der Waals surface area (Å²) in [7, 11) is 0. The fourth-order valence-electron chi connectivity index (χ4n) is 3.86. The van der Waals surface area contributed by atoms with Gasteiger partial charge in [-0.1, -0.05) is 38.3 Å². The molecular formula is C20H32NaO5+. The minimum atomic E-state index is -0.770. The third kappa shape index (κ3) is 7.35. The summed E-state index contributed by atoms with van der Waals surface area (Å²) in [6, 6.07) is 0. The summed E-state index contributed by atoms with van der Waals surface area (Å²) in [5.41, 5.74) is 0. The van der Waals surface area contributed by atoms with Crippen LogP contribution in [0.3, 0.4) is 0 Å². The molecule has 0 spiro atoms. The zero-order valence-electron chi connectivity index (χ0n) is 16.1. The van der Waals surface area contributed by atoms with Gasteiger partial charge in [0.1, 0.15) is 6.10 Å². The van der Waals surface area contributed by atoms with Crippen LogP contribution in [0.4, 0.5) is 0 Å². The van der Waals surface area contributed by atoms with E-state index < -0.39 is 18.2 Å². The van der Waals surface area contributed by atoms with E-state index in [-0.39, 0.29) is 53.9 Å². The Labute approximate surface area is 178 Å². The Kier molecular flexibility index (Phi) is 11.1. The molecule has 2 rings (SSSR count). The van der Waals surface area contributed by atoms with Crippen LogP contribution in [0.1, 0.15) is 64.7 Å². The standard InChI is InChI=1S/C20H32O5.Na/c1-2-3-4-7-14(21)10-11-16-17-12-15(8-5-6-9-20(23)24)25-19(17)13-18(16)22;/h8,10-11,14,16-19,21-22H,2-7,9,12-13H2,1H3,(H,23,24);/q;+1/b11-10+,15-8-;/t14?,16-,17-,18?,19?;/m1./s1. The summed E-state index contributed by atoms with van der Waals surface area (Å²) in [5.74, 6) is 0.429. The van der Waals surface area contributed by atoms with Crippen molar-refractivity contribution in [1.29, 1.82) is 0 Å². The Bertz CT molecular complexity index is 491. The van der Waals surface area contributed by atoms with Crippen LogP contribution >= 0.6 is 0 Å². The number of allylic oxidation sites excluding steroid dienone is 2. The number of carboxylic acids is 1. The van der Waals surface area contributed by atoms with Crippen molar-refractivity contribution >= 4 is 5.97 Å². The van der Waals surface area contributed by atoms with Gasteiger partial charge >= 0.3 is 35.5 Å². The SMILES string of the molecule is CCCCCC(O)/C=C/[C@H]1C(O)CC2O/C(=C\CCCC(=O)O)C[C@@H]21.[Na+]. The second-order valence-electron chi connectivity index (χ2n) is 7.31. The number of aliphatic carboxylic acids is 1. The second-order valence-corrected chi connectivity index (χ2v) is 7.31. The van der Waals surface area contributed by atoms with Crippen molar-refractivity contribution in [2.24, 2.45) is 11.8 Å². The molecule has 1 saturated heterocycles. The number of unbranched alkanes of at least 4 members (excludes halogenated alkanes) is 3. The molecule has 2 fully saturated rings. The van der Waals surface area contributed by atoms with Gasteiger partial charge in [-0.05, 0) is 25.3 Å². The Balaban J connectivity index is 0.00000338. The van der Waals surface area contributed by atoms with Crippen molar-refractivity contribution < 1.29 is 54.4 Å². The van der Waals surface area contributed by atoms with Gasteiger partial charge in [0.2, 0.25) is 0 Å². The molecule has 0 bridgehead atoms. The minimum absolute atomic E-state index is 0. The second kappa shape index (κ2) is 12.2. The largest absolute Gasteiger partial charge is 1.00 e. The van der Waals surface area contributed by atoms with Gasteiger partial charge < -0.3 is 20.1 Å². The van der Waals surface area contributed by atoms with Crippen molar-refractivity contribution in [3.05, 3.63) is 24.0 Å². The zero-order valence-corrected chi connectivity index (χ0v) is 18.1. The maximum atomic E-state index is 10.5. The Hall–Kier alpha value is -0.330. The Morgan fingerprint density at radius 3 is 2.81 bits per heavy atom.